The van der Waals surface area contributed by atoms with Crippen LogP contribution in [0.15, 0.2) is 47.1 Å². The normalized spacial score (nSPS) is 13.6. The van der Waals surface area contributed by atoms with Crippen molar-refractivity contribution in [3.63, 3.8) is 0 Å². The standard InChI is InChI=1S/C18H16N4O2/c1-12-19-9-14(10-20-12)18(23)22-8-7-16-15(11-22)21-17(24-16)13-5-3-2-4-6-13/h2-6,9-10H,7-8,11H2,1H3. The fourth-order valence-electron chi connectivity index (χ4n) is 2.76. The molecule has 0 saturated heterocycles. The summed E-state index contributed by atoms with van der Waals surface area (Å²) in [5.41, 5.74) is 2.26. The fourth-order valence-corrected chi connectivity index (χ4v) is 2.76. The van der Waals surface area contributed by atoms with Crippen molar-refractivity contribution in [2.24, 2.45) is 0 Å². The second-order valence-corrected chi connectivity index (χ2v) is 5.75. The first-order chi connectivity index (χ1) is 11.7. The Hall–Kier alpha value is -3.02. The van der Waals surface area contributed by atoms with Gasteiger partial charge in [0.25, 0.3) is 5.91 Å². The molecule has 2 aromatic heterocycles. The molecule has 120 valence electrons. The number of carbonyl (C=O) groups is 1. The molecule has 6 heteroatoms. The van der Waals surface area contributed by atoms with Gasteiger partial charge < -0.3 is 9.32 Å². The summed E-state index contributed by atoms with van der Waals surface area (Å²) in [5.74, 6) is 2.04. The molecular weight excluding hydrogens is 304 g/mol. The van der Waals surface area contributed by atoms with Crippen molar-refractivity contribution < 1.29 is 9.21 Å². The van der Waals surface area contributed by atoms with Crippen molar-refractivity contribution in [2.75, 3.05) is 6.54 Å². The van der Waals surface area contributed by atoms with E-state index < -0.39 is 0 Å². The second kappa shape index (κ2) is 5.88. The van der Waals surface area contributed by atoms with E-state index in [1.54, 1.807) is 24.2 Å². The van der Waals surface area contributed by atoms with Crippen LogP contribution in [0.25, 0.3) is 11.5 Å². The number of aryl methyl sites for hydroxylation is 1. The van der Waals surface area contributed by atoms with Crippen LogP contribution in [0.5, 0.6) is 0 Å². The molecule has 0 aliphatic carbocycles. The molecule has 1 aliphatic heterocycles. The molecule has 0 N–H and O–H groups in total. The van der Waals surface area contributed by atoms with Crippen LogP contribution < -0.4 is 0 Å². The quantitative estimate of drug-likeness (QED) is 0.726. The van der Waals surface area contributed by atoms with E-state index in [9.17, 15) is 4.79 Å². The Morgan fingerprint density at radius 1 is 1.17 bits per heavy atom. The Morgan fingerprint density at radius 2 is 1.92 bits per heavy atom. The molecule has 0 atom stereocenters. The molecule has 1 amide bonds. The maximum atomic E-state index is 12.6. The topological polar surface area (TPSA) is 72.1 Å². The lowest BCUT2D eigenvalue weighted by Gasteiger charge is -2.25. The minimum absolute atomic E-state index is 0.0788. The van der Waals surface area contributed by atoms with Crippen LogP contribution in [0.3, 0.4) is 0 Å². The Balaban J connectivity index is 1.56. The Bertz CT molecular complexity index is 872. The summed E-state index contributed by atoms with van der Waals surface area (Å²) in [5, 5.41) is 0. The van der Waals surface area contributed by atoms with Gasteiger partial charge in [0.05, 0.1) is 12.1 Å². The van der Waals surface area contributed by atoms with E-state index >= 15 is 0 Å². The number of rotatable bonds is 2. The Morgan fingerprint density at radius 3 is 2.67 bits per heavy atom. The maximum Gasteiger partial charge on any atom is 0.257 e. The van der Waals surface area contributed by atoms with Gasteiger partial charge in [0.15, 0.2) is 0 Å². The Labute approximate surface area is 139 Å². The molecule has 3 aromatic rings. The van der Waals surface area contributed by atoms with E-state index in [0.717, 1.165) is 17.0 Å². The predicted molar refractivity (Wildman–Crippen MR) is 87.2 cm³/mol. The van der Waals surface area contributed by atoms with Crippen LogP contribution in [0, 0.1) is 6.92 Å². The molecule has 1 aromatic carbocycles. The van der Waals surface area contributed by atoms with E-state index in [0.29, 0.717) is 36.8 Å². The summed E-state index contributed by atoms with van der Waals surface area (Å²) in [7, 11) is 0. The van der Waals surface area contributed by atoms with Crippen molar-refractivity contribution >= 4 is 5.91 Å². The van der Waals surface area contributed by atoms with Crippen LogP contribution in [-0.2, 0) is 13.0 Å². The number of benzene rings is 1. The van der Waals surface area contributed by atoms with Gasteiger partial charge in [-0.1, -0.05) is 18.2 Å². The number of amides is 1. The summed E-state index contributed by atoms with van der Waals surface area (Å²) < 4.78 is 5.87. The summed E-state index contributed by atoms with van der Waals surface area (Å²) >= 11 is 0. The third kappa shape index (κ3) is 2.67. The van der Waals surface area contributed by atoms with Crippen LogP contribution in [0.1, 0.15) is 27.6 Å². The van der Waals surface area contributed by atoms with Crippen molar-refractivity contribution in [1.29, 1.82) is 0 Å². The zero-order valence-electron chi connectivity index (χ0n) is 13.3. The average molecular weight is 320 g/mol. The van der Waals surface area contributed by atoms with Gasteiger partial charge in [0.1, 0.15) is 17.3 Å². The highest BCUT2D eigenvalue weighted by atomic mass is 16.4. The van der Waals surface area contributed by atoms with Crippen molar-refractivity contribution in [3.8, 4) is 11.5 Å². The lowest BCUT2D eigenvalue weighted by atomic mass is 10.1. The van der Waals surface area contributed by atoms with Crippen LogP contribution in [-0.4, -0.2) is 32.3 Å². The van der Waals surface area contributed by atoms with Gasteiger partial charge in [-0.2, -0.15) is 0 Å². The lowest BCUT2D eigenvalue weighted by molar-refractivity contribution is 0.0727. The molecular formula is C18H16N4O2. The Kier molecular flexibility index (Phi) is 3.57. The molecule has 0 fully saturated rings. The highest BCUT2D eigenvalue weighted by molar-refractivity contribution is 5.93. The fraction of sp³-hybridized carbons (Fsp3) is 0.222. The minimum Gasteiger partial charge on any atom is -0.441 e. The number of hydrogen-bond acceptors (Lipinski definition) is 5. The number of hydrogen-bond donors (Lipinski definition) is 0. The van der Waals surface area contributed by atoms with E-state index in [-0.39, 0.29) is 5.91 Å². The molecule has 0 radical (unpaired) electrons. The van der Waals surface area contributed by atoms with E-state index in [1.165, 1.54) is 0 Å². The van der Waals surface area contributed by atoms with Gasteiger partial charge >= 0.3 is 0 Å². The van der Waals surface area contributed by atoms with Crippen LogP contribution in [0.4, 0.5) is 0 Å². The van der Waals surface area contributed by atoms with Gasteiger partial charge in [-0.15, -0.1) is 0 Å². The number of nitrogens with zero attached hydrogens (tertiary/aromatic N) is 4. The third-order valence-corrected chi connectivity index (χ3v) is 4.06. The van der Waals surface area contributed by atoms with Crippen molar-refractivity contribution in [3.05, 3.63) is 65.6 Å². The smallest absolute Gasteiger partial charge is 0.257 e. The predicted octanol–water partition coefficient (Wildman–Crippen LogP) is 2.64. The van der Waals surface area contributed by atoms with Crippen LogP contribution in [0.2, 0.25) is 0 Å². The van der Waals surface area contributed by atoms with Crippen molar-refractivity contribution in [2.45, 2.75) is 19.9 Å². The molecule has 0 unspecified atom stereocenters. The molecule has 0 bridgehead atoms. The zero-order valence-corrected chi connectivity index (χ0v) is 13.3. The molecule has 6 nitrogen and oxygen atoms in total. The van der Waals surface area contributed by atoms with Gasteiger partial charge in [-0.05, 0) is 19.1 Å². The molecule has 0 saturated carbocycles. The van der Waals surface area contributed by atoms with Crippen LogP contribution >= 0.6 is 0 Å². The van der Waals surface area contributed by atoms with Crippen molar-refractivity contribution in [1.82, 2.24) is 19.9 Å². The summed E-state index contributed by atoms with van der Waals surface area (Å²) in [6, 6.07) is 9.78. The van der Waals surface area contributed by atoms with E-state index in [4.69, 9.17) is 4.42 Å². The van der Waals surface area contributed by atoms with Gasteiger partial charge in [-0.25, -0.2) is 15.0 Å². The van der Waals surface area contributed by atoms with E-state index in [1.807, 2.05) is 30.3 Å². The third-order valence-electron chi connectivity index (χ3n) is 4.06. The van der Waals surface area contributed by atoms with Gasteiger partial charge in [0.2, 0.25) is 5.89 Å². The molecule has 24 heavy (non-hydrogen) atoms. The summed E-state index contributed by atoms with van der Waals surface area (Å²) in [6.45, 7) is 2.84. The minimum atomic E-state index is -0.0788. The van der Waals surface area contributed by atoms with E-state index in [2.05, 4.69) is 15.0 Å². The number of fused-ring (bicyclic) bond motifs is 1. The highest BCUT2D eigenvalue weighted by Gasteiger charge is 2.26. The molecule has 3 heterocycles. The first-order valence-electron chi connectivity index (χ1n) is 7.82. The van der Waals surface area contributed by atoms with Gasteiger partial charge in [-0.3, -0.25) is 4.79 Å². The average Bonchev–Trinajstić information content (AvgIpc) is 3.06. The highest BCUT2D eigenvalue weighted by Crippen LogP contribution is 2.26. The number of aromatic nitrogens is 3. The first kappa shape index (κ1) is 14.6. The number of carbonyl (C=O) groups excluding carboxylic acids is 1. The molecule has 1 aliphatic rings. The number of oxazole rings is 1. The lowest BCUT2D eigenvalue weighted by Crippen LogP contribution is -2.36. The summed E-state index contributed by atoms with van der Waals surface area (Å²) in [4.78, 5) is 27.1. The van der Waals surface area contributed by atoms with Gasteiger partial charge in [0, 0.05) is 30.9 Å². The maximum absolute atomic E-state index is 12.6. The molecule has 0 spiro atoms. The molecule has 4 rings (SSSR count). The SMILES string of the molecule is Cc1ncc(C(=O)N2CCc3oc(-c4ccccc4)nc3C2)cn1. The second-order valence-electron chi connectivity index (χ2n) is 5.75. The largest absolute Gasteiger partial charge is 0.441 e. The monoisotopic (exact) mass is 320 g/mol. The zero-order chi connectivity index (χ0) is 16.5. The summed E-state index contributed by atoms with van der Waals surface area (Å²) in [6.07, 6.45) is 3.80. The first-order valence-corrected chi connectivity index (χ1v) is 7.82.